The number of ether oxygens (including phenoxy) is 4. The number of hydrogen-bond acceptors (Lipinski definition) is 5. The fourth-order valence-corrected chi connectivity index (χ4v) is 3.01. The lowest BCUT2D eigenvalue weighted by molar-refractivity contribution is 0.173. The quantitative estimate of drug-likeness (QED) is 0.486. The summed E-state index contributed by atoms with van der Waals surface area (Å²) in [7, 11) is 0. The Morgan fingerprint density at radius 2 is 2.00 bits per heavy atom. The zero-order chi connectivity index (χ0) is 17.8. The van der Waals surface area contributed by atoms with Crippen LogP contribution in [0, 0.1) is 0 Å². The Morgan fingerprint density at radius 3 is 2.96 bits per heavy atom. The average Bonchev–Trinajstić information content (AvgIpc) is 3.13. The van der Waals surface area contributed by atoms with Crippen LogP contribution in [0.3, 0.4) is 0 Å². The summed E-state index contributed by atoms with van der Waals surface area (Å²) in [5.41, 5.74) is 7.13. The lowest BCUT2D eigenvalue weighted by atomic mass is 10.0. The first-order chi connectivity index (χ1) is 12.8. The van der Waals surface area contributed by atoms with Crippen LogP contribution in [0.2, 0.25) is 0 Å². The van der Waals surface area contributed by atoms with E-state index in [0.29, 0.717) is 37.2 Å². The highest BCUT2D eigenvalue weighted by molar-refractivity contribution is 5.78. The molecule has 0 aromatic heterocycles. The van der Waals surface area contributed by atoms with Gasteiger partial charge in [-0.25, -0.2) is 4.99 Å². The summed E-state index contributed by atoms with van der Waals surface area (Å²) in [5, 5.41) is 3.26. The molecule has 0 radical (unpaired) electrons. The molecule has 2 heterocycles. The lowest BCUT2D eigenvalue weighted by Crippen LogP contribution is -2.37. The Labute approximate surface area is 151 Å². The molecule has 1 atom stereocenters. The predicted octanol–water partition coefficient (Wildman–Crippen LogP) is 2.22. The molecule has 7 nitrogen and oxygen atoms in total. The fraction of sp³-hybridized carbons (Fsp3) is 0.316. The van der Waals surface area contributed by atoms with Gasteiger partial charge in [0.15, 0.2) is 17.5 Å². The molecule has 136 valence electrons. The first-order valence-electron chi connectivity index (χ1n) is 8.60. The van der Waals surface area contributed by atoms with Gasteiger partial charge in [-0.2, -0.15) is 0 Å². The number of hydrogen-bond donors (Lipinski definition) is 2. The molecule has 0 saturated carbocycles. The average molecular weight is 355 g/mol. The van der Waals surface area contributed by atoms with Gasteiger partial charge in [0.1, 0.15) is 18.1 Å². The fourth-order valence-electron chi connectivity index (χ4n) is 3.01. The summed E-state index contributed by atoms with van der Waals surface area (Å²) < 4.78 is 21.9. The van der Waals surface area contributed by atoms with Crippen molar-refractivity contribution in [3.8, 4) is 23.0 Å². The molecule has 2 aromatic carbocycles. The van der Waals surface area contributed by atoms with Crippen molar-refractivity contribution in [1.82, 2.24) is 5.32 Å². The molecular formula is C19H21N3O4. The van der Waals surface area contributed by atoms with Crippen molar-refractivity contribution < 1.29 is 18.9 Å². The van der Waals surface area contributed by atoms with Gasteiger partial charge in [0, 0.05) is 18.1 Å². The third-order valence-corrected chi connectivity index (χ3v) is 4.27. The van der Waals surface area contributed by atoms with Crippen LogP contribution in [0.1, 0.15) is 18.0 Å². The van der Waals surface area contributed by atoms with E-state index in [9.17, 15) is 0 Å². The van der Waals surface area contributed by atoms with Crippen LogP contribution in [0.25, 0.3) is 0 Å². The van der Waals surface area contributed by atoms with Gasteiger partial charge in [0.25, 0.3) is 0 Å². The Balaban J connectivity index is 1.28. The van der Waals surface area contributed by atoms with Gasteiger partial charge >= 0.3 is 0 Å². The zero-order valence-corrected chi connectivity index (χ0v) is 14.3. The topological polar surface area (TPSA) is 87.3 Å². The normalized spacial score (nSPS) is 18.0. The molecule has 2 aliphatic heterocycles. The summed E-state index contributed by atoms with van der Waals surface area (Å²) in [6.45, 7) is 1.79. The number of nitrogens with two attached hydrogens (primary N) is 1. The summed E-state index contributed by atoms with van der Waals surface area (Å²) in [6, 6.07) is 13.6. The van der Waals surface area contributed by atoms with Crippen molar-refractivity contribution in [3.63, 3.8) is 0 Å². The number of nitrogens with one attached hydrogen (secondary N) is 1. The van der Waals surface area contributed by atoms with Gasteiger partial charge < -0.3 is 30.0 Å². The van der Waals surface area contributed by atoms with Crippen LogP contribution in [0.4, 0.5) is 0 Å². The standard InChI is InChI=1S/C19H21N3O4/c20-19(22-15-7-9-24-16-4-2-1-3-14(15)16)21-8-10-23-13-5-6-17-18(11-13)26-12-25-17/h1-6,11,15H,7-10,12H2,(H3,20,21,22). The van der Waals surface area contributed by atoms with Crippen molar-refractivity contribution in [3.05, 3.63) is 48.0 Å². The second-order valence-corrected chi connectivity index (χ2v) is 6.00. The van der Waals surface area contributed by atoms with Gasteiger partial charge in [0.05, 0.1) is 19.2 Å². The van der Waals surface area contributed by atoms with E-state index in [4.69, 9.17) is 24.7 Å². The van der Waals surface area contributed by atoms with E-state index in [0.717, 1.165) is 23.5 Å². The molecule has 26 heavy (non-hydrogen) atoms. The second-order valence-electron chi connectivity index (χ2n) is 6.00. The van der Waals surface area contributed by atoms with Crippen molar-refractivity contribution in [2.45, 2.75) is 12.5 Å². The minimum atomic E-state index is 0.110. The molecule has 0 saturated heterocycles. The molecule has 3 N–H and O–H groups in total. The van der Waals surface area contributed by atoms with Crippen molar-refractivity contribution in [2.75, 3.05) is 26.6 Å². The Kier molecular flexibility index (Phi) is 4.68. The van der Waals surface area contributed by atoms with Crippen LogP contribution >= 0.6 is 0 Å². The number of aliphatic imine (C=N–C) groups is 1. The Hall–Kier alpha value is -3.09. The minimum Gasteiger partial charge on any atom is -0.493 e. The second kappa shape index (κ2) is 7.43. The highest BCUT2D eigenvalue weighted by Gasteiger charge is 2.21. The van der Waals surface area contributed by atoms with Crippen molar-refractivity contribution in [1.29, 1.82) is 0 Å². The zero-order valence-electron chi connectivity index (χ0n) is 14.3. The van der Waals surface area contributed by atoms with Gasteiger partial charge in [-0.3, -0.25) is 0 Å². The van der Waals surface area contributed by atoms with Gasteiger partial charge in [-0.15, -0.1) is 0 Å². The number of fused-ring (bicyclic) bond motifs is 2. The van der Waals surface area contributed by atoms with E-state index in [1.54, 1.807) is 0 Å². The molecular weight excluding hydrogens is 334 g/mol. The molecule has 0 amide bonds. The van der Waals surface area contributed by atoms with Crippen LogP contribution in [0.5, 0.6) is 23.0 Å². The maximum absolute atomic E-state index is 6.02. The number of rotatable bonds is 5. The SMILES string of the molecule is NC(=NCCOc1ccc2c(c1)OCO2)NC1CCOc2ccccc21. The highest BCUT2D eigenvalue weighted by atomic mass is 16.7. The molecule has 0 bridgehead atoms. The molecule has 2 aromatic rings. The Morgan fingerprint density at radius 1 is 1.12 bits per heavy atom. The highest BCUT2D eigenvalue weighted by Crippen LogP contribution is 2.35. The number of nitrogens with zero attached hydrogens (tertiary/aromatic N) is 1. The van der Waals surface area contributed by atoms with E-state index in [-0.39, 0.29) is 12.8 Å². The third-order valence-electron chi connectivity index (χ3n) is 4.27. The van der Waals surface area contributed by atoms with E-state index in [1.165, 1.54) is 0 Å². The molecule has 1 unspecified atom stereocenters. The molecule has 2 aliphatic rings. The van der Waals surface area contributed by atoms with Gasteiger partial charge in [-0.05, 0) is 18.2 Å². The number of benzene rings is 2. The minimum absolute atomic E-state index is 0.110. The van der Waals surface area contributed by atoms with Crippen LogP contribution in [0.15, 0.2) is 47.5 Å². The smallest absolute Gasteiger partial charge is 0.231 e. The maximum Gasteiger partial charge on any atom is 0.231 e. The van der Waals surface area contributed by atoms with Crippen LogP contribution in [-0.4, -0.2) is 32.5 Å². The summed E-state index contributed by atoms with van der Waals surface area (Å²) in [4.78, 5) is 4.34. The van der Waals surface area contributed by atoms with E-state index in [2.05, 4.69) is 10.3 Å². The molecule has 4 rings (SSSR count). The Bertz CT molecular complexity index is 809. The summed E-state index contributed by atoms with van der Waals surface area (Å²) in [5.74, 6) is 3.46. The number of para-hydroxylation sites is 1. The largest absolute Gasteiger partial charge is 0.493 e. The first-order valence-corrected chi connectivity index (χ1v) is 8.60. The summed E-state index contributed by atoms with van der Waals surface area (Å²) in [6.07, 6.45) is 0.848. The number of guanidine groups is 1. The van der Waals surface area contributed by atoms with Crippen LogP contribution in [-0.2, 0) is 0 Å². The summed E-state index contributed by atoms with van der Waals surface area (Å²) >= 11 is 0. The molecule has 0 aliphatic carbocycles. The maximum atomic E-state index is 6.02. The monoisotopic (exact) mass is 355 g/mol. The molecule has 0 spiro atoms. The van der Waals surface area contributed by atoms with E-state index in [1.807, 2.05) is 42.5 Å². The van der Waals surface area contributed by atoms with Crippen LogP contribution < -0.4 is 30.0 Å². The first kappa shape index (κ1) is 16.4. The van der Waals surface area contributed by atoms with Gasteiger partial charge in [0.2, 0.25) is 6.79 Å². The lowest BCUT2D eigenvalue weighted by Gasteiger charge is -2.26. The molecule has 7 heteroatoms. The molecule has 0 fully saturated rings. The van der Waals surface area contributed by atoms with E-state index >= 15 is 0 Å². The van der Waals surface area contributed by atoms with Crippen molar-refractivity contribution >= 4 is 5.96 Å². The predicted molar refractivity (Wildman–Crippen MR) is 97.0 cm³/mol. The van der Waals surface area contributed by atoms with Crippen molar-refractivity contribution in [2.24, 2.45) is 10.7 Å². The third kappa shape index (κ3) is 3.61. The van der Waals surface area contributed by atoms with Gasteiger partial charge in [-0.1, -0.05) is 18.2 Å². The van der Waals surface area contributed by atoms with E-state index < -0.39 is 0 Å².